The maximum absolute atomic E-state index is 15.3. The normalized spacial score (nSPS) is 30.6. The number of allylic oxidation sites excluding steroid dienone is 4. The summed E-state index contributed by atoms with van der Waals surface area (Å²) in [6.07, 6.45) is 2.61. The summed E-state index contributed by atoms with van der Waals surface area (Å²) in [5, 5.41) is 19.3. The zero-order valence-electron chi connectivity index (χ0n) is 19.3. The lowest BCUT2D eigenvalue weighted by Crippen LogP contribution is -2.48. The molecule has 1 saturated carbocycles. The minimum atomic E-state index is -5.61. The molecule has 2 heterocycles. The smallest absolute Gasteiger partial charge is 0.380 e. The molecule has 37 heavy (non-hydrogen) atoms. The van der Waals surface area contributed by atoms with Crippen molar-refractivity contribution in [2.24, 2.45) is 0 Å². The molecule has 0 amide bonds. The molecule has 0 radical (unpaired) electrons. The highest BCUT2D eigenvalue weighted by Crippen LogP contribution is 2.75. The largest absolute Gasteiger partial charge is 0.508 e. The molecule has 6 rings (SSSR count). The van der Waals surface area contributed by atoms with Gasteiger partial charge in [0.15, 0.2) is 0 Å². The number of hydrogen-bond donors (Lipinski definition) is 2. The van der Waals surface area contributed by atoms with Gasteiger partial charge in [-0.15, -0.1) is 23.5 Å². The molecule has 2 N–H and O–H groups in total. The fourth-order valence-corrected chi connectivity index (χ4v) is 8.59. The molecule has 0 bridgehead atoms. The second-order valence-corrected chi connectivity index (χ2v) is 12.6. The number of hydrogen-bond acceptors (Lipinski definition) is 4. The number of benzene rings is 2. The summed E-state index contributed by atoms with van der Waals surface area (Å²) in [5.74, 6) is -15.9. The number of alkyl halides is 6. The van der Waals surface area contributed by atoms with Gasteiger partial charge in [0, 0.05) is 21.0 Å². The third-order valence-electron chi connectivity index (χ3n) is 7.63. The summed E-state index contributed by atoms with van der Waals surface area (Å²) >= 11 is 2.30. The Kier molecular flexibility index (Phi) is 4.81. The van der Waals surface area contributed by atoms with Crippen molar-refractivity contribution in [3.8, 4) is 11.5 Å². The van der Waals surface area contributed by atoms with Crippen molar-refractivity contribution < 1.29 is 36.6 Å². The Balaban J connectivity index is 1.65. The molecular weight excluding hydrogens is 534 g/mol. The Morgan fingerprint density at radius 1 is 0.568 bits per heavy atom. The Morgan fingerprint density at radius 3 is 1.22 bits per heavy atom. The average Bonchev–Trinajstić information content (AvgIpc) is 3.40. The van der Waals surface area contributed by atoms with E-state index in [1.54, 1.807) is 38.1 Å². The second-order valence-electron chi connectivity index (χ2n) is 9.68. The second kappa shape index (κ2) is 7.22. The molecule has 2 atom stereocenters. The van der Waals surface area contributed by atoms with Crippen LogP contribution in [0.25, 0.3) is 9.81 Å². The van der Waals surface area contributed by atoms with Crippen LogP contribution in [0.2, 0.25) is 0 Å². The minimum absolute atomic E-state index is 0.0214. The molecule has 0 unspecified atom stereocenters. The van der Waals surface area contributed by atoms with Crippen LogP contribution < -0.4 is 0 Å². The van der Waals surface area contributed by atoms with Crippen LogP contribution in [-0.4, -0.2) is 37.5 Å². The fourth-order valence-electron chi connectivity index (χ4n) is 5.45. The summed E-state index contributed by atoms with van der Waals surface area (Å²) in [5.41, 5.74) is -2.07. The number of thioether (sulfide) groups is 2. The van der Waals surface area contributed by atoms with E-state index in [9.17, 15) is 19.0 Å². The van der Waals surface area contributed by atoms with E-state index in [0.29, 0.717) is 20.9 Å². The number of rotatable bonds is 2. The van der Waals surface area contributed by atoms with Crippen molar-refractivity contribution in [2.45, 2.75) is 41.1 Å². The van der Waals surface area contributed by atoms with Crippen LogP contribution in [0.15, 0.2) is 83.0 Å². The average molecular weight is 553 g/mol. The molecule has 2 aliphatic carbocycles. The van der Waals surface area contributed by atoms with Crippen LogP contribution in [0.4, 0.5) is 26.3 Å². The van der Waals surface area contributed by atoms with Gasteiger partial charge >= 0.3 is 17.8 Å². The molecule has 2 aromatic rings. The fraction of sp³-hybridized carbons (Fsp3) is 0.259. The summed E-state index contributed by atoms with van der Waals surface area (Å²) < 4.78 is 88.4. The van der Waals surface area contributed by atoms with Gasteiger partial charge in [-0.2, -0.15) is 26.3 Å². The Bertz CT molecular complexity index is 1380. The van der Waals surface area contributed by atoms with Crippen molar-refractivity contribution in [3.63, 3.8) is 0 Å². The van der Waals surface area contributed by atoms with Crippen molar-refractivity contribution in [1.82, 2.24) is 0 Å². The summed E-state index contributed by atoms with van der Waals surface area (Å²) in [4.78, 5) is 0.889. The first-order chi connectivity index (χ1) is 17.1. The maximum atomic E-state index is 15.3. The van der Waals surface area contributed by atoms with E-state index in [2.05, 4.69) is 0 Å². The summed E-state index contributed by atoms with van der Waals surface area (Å²) in [6, 6.07) is 11.8. The van der Waals surface area contributed by atoms with Crippen LogP contribution in [0.1, 0.15) is 25.0 Å². The molecule has 0 aromatic heterocycles. The van der Waals surface area contributed by atoms with Crippen LogP contribution in [0.5, 0.6) is 11.5 Å². The van der Waals surface area contributed by atoms with Gasteiger partial charge in [0.25, 0.3) is 0 Å². The molecule has 2 aromatic carbocycles. The van der Waals surface area contributed by atoms with E-state index in [4.69, 9.17) is 0 Å². The molecule has 192 valence electrons. The zero-order chi connectivity index (χ0) is 26.8. The highest BCUT2D eigenvalue weighted by atomic mass is 32.2. The van der Waals surface area contributed by atoms with Gasteiger partial charge in [0.2, 0.25) is 0 Å². The summed E-state index contributed by atoms with van der Waals surface area (Å²) in [6.45, 7) is 3.23. The summed E-state index contributed by atoms with van der Waals surface area (Å²) in [7, 11) is 0. The standard InChI is InChI=1S/C27H18F6O2S2/c1-23-17(11-19(36-23)13-3-7-15(34)8-4-13)21-22(26(30,31)27(32,33)25(21,28)29)18-12-20(37-24(18,23)2)14-5-9-16(35)10-6-14/h3-12,34-35H,1-2H3/t23-,24-/m0/s1. The minimum Gasteiger partial charge on any atom is -0.508 e. The molecule has 4 aliphatic rings. The van der Waals surface area contributed by atoms with Crippen LogP contribution in [0, 0.1) is 0 Å². The lowest BCUT2D eigenvalue weighted by atomic mass is 9.71. The van der Waals surface area contributed by atoms with E-state index in [-0.39, 0.29) is 22.6 Å². The number of halogens is 6. The predicted molar refractivity (Wildman–Crippen MR) is 133 cm³/mol. The van der Waals surface area contributed by atoms with E-state index in [1.807, 2.05) is 0 Å². The van der Waals surface area contributed by atoms with Crippen molar-refractivity contribution in [3.05, 3.63) is 94.1 Å². The molecule has 0 saturated heterocycles. The van der Waals surface area contributed by atoms with Crippen molar-refractivity contribution >= 4 is 33.3 Å². The van der Waals surface area contributed by atoms with Crippen molar-refractivity contribution in [1.29, 1.82) is 0 Å². The van der Waals surface area contributed by atoms with Crippen molar-refractivity contribution in [2.75, 3.05) is 0 Å². The molecule has 2 aliphatic heterocycles. The number of phenolic OH excluding ortho intramolecular Hbond substituents is 2. The van der Waals surface area contributed by atoms with E-state index >= 15 is 17.6 Å². The Labute approximate surface area is 216 Å². The van der Waals surface area contributed by atoms with E-state index < -0.39 is 38.4 Å². The topological polar surface area (TPSA) is 40.5 Å². The predicted octanol–water partition coefficient (Wildman–Crippen LogP) is 8.02. The van der Waals surface area contributed by atoms with Gasteiger partial charge in [-0.25, -0.2) is 0 Å². The lowest BCUT2D eigenvalue weighted by molar-refractivity contribution is -0.258. The molecule has 10 heteroatoms. The molecule has 2 nitrogen and oxygen atoms in total. The van der Waals surface area contributed by atoms with E-state index in [1.165, 1.54) is 36.4 Å². The molecule has 0 spiro atoms. The van der Waals surface area contributed by atoms with Crippen LogP contribution in [0.3, 0.4) is 0 Å². The number of phenols is 2. The highest BCUT2D eigenvalue weighted by molar-refractivity contribution is 8.14. The molecule has 1 fully saturated rings. The van der Waals surface area contributed by atoms with Gasteiger partial charge in [-0.1, -0.05) is 24.3 Å². The third kappa shape index (κ3) is 2.88. The van der Waals surface area contributed by atoms with Gasteiger partial charge < -0.3 is 10.2 Å². The highest BCUT2D eigenvalue weighted by Gasteiger charge is 2.84. The quantitative estimate of drug-likeness (QED) is 0.370. The number of aromatic hydroxyl groups is 2. The van der Waals surface area contributed by atoms with Gasteiger partial charge in [-0.05, 0) is 72.5 Å². The van der Waals surface area contributed by atoms with Gasteiger partial charge in [0.05, 0.1) is 9.49 Å². The Hall–Kier alpha value is -2.72. The monoisotopic (exact) mass is 552 g/mol. The lowest BCUT2D eigenvalue weighted by Gasteiger charge is -2.47. The first-order valence-corrected chi connectivity index (χ1v) is 12.8. The zero-order valence-corrected chi connectivity index (χ0v) is 20.9. The first-order valence-electron chi connectivity index (χ1n) is 11.2. The van der Waals surface area contributed by atoms with Crippen LogP contribution >= 0.6 is 23.5 Å². The molecular formula is C27H18F6O2S2. The van der Waals surface area contributed by atoms with Gasteiger partial charge in [0.1, 0.15) is 11.5 Å². The SMILES string of the molecule is C[C@]12SC(c3ccc(O)cc3)=CC1=C1C(=C3C=C(c4ccc(O)cc4)S[C@@]32C)C(F)(F)C(F)(F)C1(F)F. The van der Waals surface area contributed by atoms with Crippen LogP contribution in [-0.2, 0) is 0 Å². The number of fused-ring (bicyclic) bond motifs is 4. The first kappa shape index (κ1) is 24.6. The maximum Gasteiger partial charge on any atom is 0.380 e. The third-order valence-corrected chi connectivity index (χ3v) is 11.0. The Morgan fingerprint density at radius 2 is 0.892 bits per heavy atom. The van der Waals surface area contributed by atoms with Gasteiger partial charge in [-0.3, -0.25) is 0 Å². The van der Waals surface area contributed by atoms with E-state index in [0.717, 1.165) is 23.5 Å².